The Morgan fingerprint density at radius 3 is 2.94 bits per heavy atom. The Morgan fingerprint density at radius 2 is 2.16 bits per heavy atom. The molecule has 0 bridgehead atoms. The Bertz CT molecular complexity index is 765. The van der Waals surface area contributed by atoms with E-state index in [9.17, 15) is 14.4 Å². The lowest BCUT2D eigenvalue weighted by molar-refractivity contribution is -0.151. The number of rotatable bonds is 10. The van der Waals surface area contributed by atoms with Gasteiger partial charge in [0.25, 0.3) is 0 Å². The monoisotopic (exact) mass is 433 g/mol. The quantitative estimate of drug-likeness (QED) is 0.536. The number of carbonyl (C=O) groups excluding carboxylic acids is 3. The van der Waals surface area contributed by atoms with Gasteiger partial charge >= 0.3 is 5.97 Å². The van der Waals surface area contributed by atoms with E-state index in [1.807, 2.05) is 31.2 Å². The maximum atomic E-state index is 12.9. The van der Waals surface area contributed by atoms with Crippen LogP contribution in [-0.2, 0) is 23.9 Å². The average molecular weight is 434 g/mol. The Balaban J connectivity index is 1.57. The first-order valence-corrected chi connectivity index (χ1v) is 10.9. The molecule has 1 aromatic carbocycles. The Labute approximate surface area is 182 Å². The van der Waals surface area contributed by atoms with Gasteiger partial charge in [0, 0.05) is 19.7 Å². The standard InChI is InChI=1S/C22H31N3O6/c1-2-11-30-21(27)13-18-22(28)23-9-10-25(18)20(26)14-24-17-7-3-4-8-19(17)31-15-16-6-5-12-29-16/h3-4,7-8,16,18,24H,2,5-6,9-15H2,1H3,(H,23,28). The number of ether oxygens (including phenoxy) is 3. The first-order chi connectivity index (χ1) is 15.1. The number of nitrogens with one attached hydrogen (secondary N) is 2. The van der Waals surface area contributed by atoms with Crippen molar-refractivity contribution in [2.24, 2.45) is 0 Å². The molecule has 2 aliphatic rings. The van der Waals surface area contributed by atoms with E-state index >= 15 is 0 Å². The first-order valence-electron chi connectivity index (χ1n) is 10.9. The zero-order chi connectivity index (χ0) is 22.1. The third-order valence-corrected chi connectivity index (χ3v) is 5.24. The van der Waals surface area contributed by atoms with E-state index in [1.54, 1.807) is 0 Å². The summed E-state index contributed by atoms with van der Waals surface area (Å²) in [6.07, 6.45) is 2.66. The first kappa shape index (κ1) is 22.9. The molecule has 0 spiro atoms. The smallest absolute Gasteiger partial charge is 0.308 e. The summed E-state index contributed by atoms with van der Waals surface area (Å²) in [6, 6.07) is 6.53. The lowest BCUT2D eigenvalue weighted by Crippen LogP contribution is -2.58. The molecule has 2 saturated heterocycles. The van der Waals surface area contributed by atoms with Crippen LogP contribution in [0.1, 0.15) is 32.6 Å². The Morgan fingerprint density at radius 1 is 1.32 bits per heavy atom. The van der Waals surface area contributed by atoms with E-state index in [1.165, 1.54) is 4.90 Å². The number of benzene rings is 1. The molecule has 2 heterocycles. The van der Waals surface area contributed by atoms with Gasteiger partial charge in [-0.1, -0.05) is 19.1 Å². The van der Waals surface area contributed by atoms with Gasteiger partial charge in [-0.3, -0.25) is 14.4 Å². The van der Waals surface area contributed by atoms with Crippen molar-refractivity contribution in [2.75, 3.05) is 44.8 Å². The molecular formula is C22H31N3O6. The summed E-state index contributed by atoms with van der Waals surface area (Å²) in [5.74, 6) is -0.449. The molecule has 2 aliphatic heterocycles. The van der Waals surface area contributed by atoms with Gasteiger partial charge < -0.3 is 29.7 Å². The molecule has 2 amide bonds. The van der Waals surface area contributed by atoms with Gasteiger partial charge in [-0.15, -0.1) is 0 Å². The number of anilines is 1. The second-order valence-electron chi connectivity index (χ2n) is 7.61. The van der Waals surface area contributed by atoms with Crippen LogP contribution in [0.25, 0.3) is 0 Å². The van der Waals surface area contributed by atoms with Crippen molar-refractivity contribution in [3.05, 3.63) is 24.3 Å². The molecule has 0 saturated carbocycles. The molecular weight excluding hydrogens is 402 g/mol. The van der Waals surface area contributed by atoms with E-state index < -0.39 is 12.0 Å². The normalized spacial score (nSPS) is 20.8. The fourth-order valence-corrected chi connectivity index (χ4v) is 3.62. The number of hydrogen-bond donors (Lipinski definition) is 2. The number of para-hydroxylation sites is 2. The molecule has 9 heteroatoms. The minimum absolute atomic E-state index is 0.0198. The molecule has 2 fully saturated rings. The van der Waals surface area contributed by atoms with Crippen molar-refractivity contribution in [2.45, 2.75) is 44.8 Å². The van der Waals surface area contributed by atoms with Crippen LogP contribution in [0.2, 0.25) is 0 Å². The van der Waals surface area contributed by atoms with Gasteiger partial charge in [0.2, 0.25) is 11.8 Å². The summed E-state index contributed by atoms with van der Waals surface area (Å²) in [5.41, 5.74) is 0.689. The zero-order valence-corrected chi connectivity index (χ0v) is 17.9. The largest absolute Gasteiger partial charge is 0.489 e. The van der Waals surface area contributed by atoms with Crippen molar-refractivity contribution >= 4 is 23.5 Å². The third-order valence-electron chi connectivity index (χ3n) is 5.24. The number of hydrogen-bond acceptors (Lipinski definition) is 7. The van der Waals surface area contributed by atoms with Crippen molar-refractivity contribution < 1.29 is 28.6 Å². The summed E-state index contributed by atoms with van der Waals surface area (Å²) in [6.45, 7) is 4.09. The third kappa shape index (κ3) is 6.58. The predicted octanol–water partition coefficient (Wildman–Crippen LogP) is 1.33. The van der Waals surface area contributed by atoms with Crippen LogP contribution in [0.15, 0.2) is 24.3 Å². The summed E-state index contributed by atoms with van der Waals surface area (Å²) >= 11 is 0. The van der Waals surface area contributed by atoms with Crippen molar-refractivity contribution in [3.63, 3.8) is 0 Å². The molecule has 0 radical (unpaired) electrons. The molecule has 3 rings (SSSR count). The van der Waals surface area contributed by atoms with Crippen LogP contribution >= 0.6 is 0 Å². The predicted molar refractivity (Wildman–Crippen MR) is 114 cm³/mol. The zero-order valence-electron chi connectivity index (χ0n) is 17.9. The Kier molecular flexibility index (Phi) is 8.52. The van der Waals surface area contributed by atoms with Gasteiger partial charge in [-0.05, 0) is 31.4 Å². The number of nitrogens with zero attached hydrogens (tertiary/aromatic N) is 1. The van der Waals surface area contributed by atoms with E-state index in [2.05, 4.69) is 10.6 Å². The summed E-state index contributed by atoms with van der Waals surface area (Å²) in [4.78, 5) is 38.6. The highest BCUT2D eigenvalue weighted by molar-refractivity contribution is 5.93. The number of amides is 2. The second-order valence-corrected chi connectivity index (χ2v) is 7.61. The van der Waals surface area contributed by atoms with Crippen molar-refractivity contribution in [1.29, 1.82) is 0 Å². The number of esters is 1. The van der Waals surface area contributed by atoms with Crippen molar-refractivity contribution in [1.82, 2.24) is 10.2 Å². The lowest BCUT2D eigenvalue weighted by Gasteiger charge is -2.34. The van der Waals surface area contributed by atoms with Crippen LogP contribution < -0.4 is 15.4 Å². The van der Waals surface area contributed by atoms with Crippen LogP contribution in [0.3, 0.4) is 0 Å². The van der Waals surface area contributed by atoms with Crippen LogP contribution in [0.4, 0.5) is 5.69 Å². The Hall–Kier alpha value is -2.81. The van der Waals surface area contributed by atoms with Gasteiger partial charge in [-0.25, -0.2) is 0 Å². The molecule has 2 N–H and O–H groups in total. The maximum Gasteiger partial charge on any atom is 0.308 e. The summed E-state index contributed by atoms with van der Waals surface area (Å²) < 4.78 is 16.6. The van der Waals surface area contributed by atoms with Gasteiger partial charge in [0.05, 0.1) is 31.4 Å². The fraction of sp³-hybridized carbons (Fsp3) is 0.591. The minimum Gasteiger partial charge on any atom is -0.489 e. The van der Waals surface area contributed by atoms with Gasteiger partial charge in [0.15, 0.2) is 0 Å². The topological polar surface area (TPSA) is 106 Å². The summed E-state index contributed by atoms with van der Waals surface area (Å²) in [5, 5.41) is 5.82. The SMILES string of the molecule is CCCOC(=O)CC1C(=O)NCCN1C(=O)CNc1ccccc1OCC1CCCO1. The molecule has 31 heavy (non-hydrogen) atoms. The van der Waals surface area contributed by atoms with Crippen LogP contribution in [0.5, 0.6) is 5.75 Å². The van der Waals surface area contributed by atoms with E-state index in [0.717, 1.165) is 19.4 Å². The highest BCUT2D eigenvalue weighted by atomic mass is 16.5. The molecule has 9 nitrogen and oxygen atoms in total. The molecule has 170 valence electrons. The number of carbonyl (C=O) groups is 3. The van der Waals surface area contributed by atoms with Crippen molar-refractivity contribution in [3.8, 4) is 5.75 Å². The molecule has 2 atom stereocenters. The molecule has 0 aromatic heterocycles. The van der Waals surface area contributed by atoms with Gasteiger partial charge in [-0.2, -0.15) is 0 Å². The molecule has 1 aromatic rings. The van der Waals surface area contributed by atoms with E-state index in [-0.39, 0.29) is 30.9 Å². The summed E-state index contributed by atoms with van der Waals surface area (Å²) in [7, 11) is 0. The minimum atomic E-state index is -0.863. The van der Waals surface area contributed by atoms with Crippen LogP contribution in [0, 0.1) is 0 Å². The fourth-order valence-electron chi connectivity index (χ4n) is 3.62. The number of piperazine rings is 1. The molecule has 2 unspecified atom stereocenters. The molecule has 0 aliphatic carbocycles. The average Bonchev–Trinajstić information content (AvgIpc) is 3.30. The van der Waals surface area contributed by atoms with E-state index in [0.29, 0.717) is 44.2 Å². The van der Waals surface area contributed by atoms with Gasteiger partial charge in [0.1, 0.15) is 18.4 Å². The second kappa shape index (κ2) is 11.5. The maximum absolute atomic E-state index is 12.9. The lowest BCUT2D eigenvalue weighted by atomic mass is 10.1. The highest BCUT2D eigenvalue weighted by Gasteiger charge is 2.35. The van der Waals surface area contributed by atoms with E-state index in [4.69, 9.17) is 14.2 Å². The van der Waals surface area contributed by atoms with Crippen LogP contribution in [-0.4, -0.2) is 74.3 Å². The highest BCUT2D eigenvalue weighted by Crippen LogP contribution is 2.25.